The first-order chi connectivity index (χ1) is 38.8. The van der Waals surface area contributed by atoms with Gasteiger partial charge in [0.15, 0.2) is 11.6 Å². The molecule has 25 nitrogen and oxygen atoms in total. The SMILES string of the molecule is CO[C@H]1/C=C/O[C@@]2(C)Oc3c(C)c(O)c4c(O)c(c(/C=N\N5CCN(C)CC5)c(O)c4c3C2=O)NC(=O)/C(C)=C\C=C\[C@@H](C)[C@H](O)[C@@H](C)[C@H](O)[C@@H](C)[C@H](OC(C)=O)[C@@H]1C.N/C(COc1ccc([N+](=O)[O-])cc1)=N/NC(=O)c1ccncc1. The van der Waals surface area contributed by atoms with Gasteiger partial charge < -0.3 is 65.2 Å². The monoisotopic (exact) mass is 1140 g/mol. The molecule has 82 heavy (non-hydrogen) atoms. The summed E-state index contributed by atoms with van der Waals surface area (Å²) in [6, 6.07) is 8.59. The highest BCUT2D eigenvalue weighted by Crippen LogP contribution is 2.55. The highest BCUT2D eigenvalue weighted by atomic mass is 16.7. The van der Waals surface area contributed by atoms with Crippen LogP contribution in [0.25, 0.3) is 10.8 Å². The fourth-order valence-corrected chi connectivity index (χ4v) is 9.47. The number of ketones is 1. The first-order valence-corrected chi connectivity index (χ1v) is 26.2. The third-order valence-corrected chi connectivity index (χ3v) is 14.5. The van der Waals surface area contributed by atoms with Gasteiger partial charge in [0.25, 0.3) is 23.3 Å². The molecule has 0 spiro atoms. The molecule has 4 aliphatic heterocycles. The average Bonchev–Trinajstić information content (AvgIpc) is 3.98. The second kappa shape index (κ2) is 27.2. The topological polar surface area (TPSA) is 353 Å². The number of ether oxygens (including phenoxy) is 5. The maximum absolute atomic E-state index is 14.4. The number of hydrazone groups is 2. The van der Waals surface area contributed by atoms with Crippen LogP contribution in [-0.2, 0) is 23.8 Å². The maximum atomic E-state index is 14.4. The number of carbonyl (C=O) groups is 4. The van der Waals surface area contributed by atoms with Crippen LogP contribution >= 0.6 is 0 Å². The zero-order valence-electron chi connectivity index (χ0n) is 47.2. The summed E-state index contributed by atoms with van der Waals surface area (Å²) in [6.45, 7) is 15.0. The number of Topliss-reactive ketones (excluding diaryl/α,β-unsaturated/α-hetero) is 1. The maximum Gasteiger partial charge on any atom is 0.312 e. The zero-order chi connectivity index (χ0) is 60.3. The molecule has 440 valence electrons. The molecule has 1 aromatic heterocycles. The number of hydrogen-bond donors (Lipinski definition) is 8. The second-order valence-electron chi connectivity index (χ2n) is 20.4. The number of aromatic nitrogens is 1. The number of allylic oxidation sites excluding steroid dienone is 2. The number of amidine groups is 1. The van der Waals surface area contributed by atoms with E-state index in [0.29, 0.717) is 24.4 Å². The van der Waals surface area contributed by atoms with E-state index >= 15 is 0 Å². The summed E-state index contributed by atoms with van der Waals surface area (Å²) < 4.78 is 28.9. The summed E-state index contributed by atoms with van der Waals surface area (Å²) in [5.41, 5.74) is 7.91. The lowest BCUT2D eigenvalue weighted by molar-refractivity contribution is -0.384. The van der Waals surface area contributed by atoms with Crippen molar-refractivity contribution in [1.82, 2.24) is 20.3 Å². The number of nitrogens with one attached hydrogen (secondary N) is 2. The number of aliphatic hydroxyl groups is 2. The van der Waals surface area contributed by atoms with E-state index in [1.165, 1.54) is 108 Å². The summed E-state index contributed by atoms with van der Waals surface area (Å²) in [4.78, 5) is 68.2. The van der Waals surface area contributed by atoms with Crippen LogP contribution in [0, 0.1) is 40.7 Å². The highest BCUT2D eigenvalue weighted by Gasteiger charge is 2.50. The number of non-ortho nitro benzene ring substituents is 1. The van der Waals surface area contributed by atoms with E-state index in [9.17, 15) is 54.8 Å². The molecule has 4 aliphatic rings. The number of pyridine rings is 1. The molecule has 5 bridgehead atoms. The van der Waals surface area contributed by atoms with E-state index in [4.69, 9.17) is 29.4 Å². The number of rotatable bonds is 10. The zero-order valence-corrected chi connectivity index (χ0v) is 47.2. The standard InChI is InChI=1S/C43H58N4O12.C14H13N5O4/c1-21-12-11-13-22(2)42(55)45-33-28(20-44-47-17-15-46(9)16-18-47)37(52)30-31(38(33)53)36(51)26(6)40-32(30)41(54)43(8,59-40)57-19-14-29(56-10)23(3)39(58-27(7)48)25(5)35(50)24(4)34(21)49;15-13(17-18-14(20)10-5-7-16-8-6-10)9-23-12-3-1-11(2-4-12)19(21)22/h11-14,19-21,23-25,29,34-35,39,49-53H,15-18H2,1-10H3,(H,45,55);1-8H,9H2,(H2,15,17)(H,18,20)/b12-11+,19-14+,22-13-,44-20-;/t21-,23-,24-,25-,29+,34+,35+,39-,43+;/m1./s1. The molecule has 8 rings (SSSR count). The molecular formula is C57H71N9O16. The van der Waals surface area contributed by atoms with Crippen LogP contribution in [0.15, 0.2) is 95.1 Å². The Morgan fingerprint density at radius 1 is 0.951 bits per heavy atom. The summed E-state index contributed by atoms with van der Waals surface area (Å²) >= 11 is 0. The molecule has 0 saturated carbocycles. The Kier molecular flexibility index (Phi) is 20.8. The van der Waals surface area contributed by atoms with E-state index in [2.05, 4.69) is 30.8 Å². The fourth-order valence-electron chi connectivity index (χ4n) is 9.47. The van der Waals surface area contributed by atoms with Gasteiger partial charge in [-0.15, -0.1) is 0 Å². The van der Waals surface area contributed by atoms with Crippen LogP contribution in [0.5, 0.6) is 28.7 Å². The minimum Gasteiger partial charge on any atom is -0.507 e. The molecule has 2 amide bonds. The van der Waals surface area contributed by atoms with E-state index in [1.54, 1.807) is 44.9 Å². The number of carbonyl (C=O) groups excluding carboxylic acids is 4. The number of likely N-dealkylation sites (N-methyl/N-ethyl adjacent to an activating group) is 1. The number of nitrogens with zero attached hydrogens (tertiary/aromatic N) is 6. The molecule has 0 aliphatic carbocycles. The van der Waals surface area contributed by atoms with E-state index in [1.807, 2.05) is 7.05 Å². The molecular weight excluding hydrogens is 1070 g/mol. The Hall–Kier alpha value is -8.65. The number of piperazine rings is 1. The molecule has 4 aromatic rings. The van der Waals surface area contributed by atoms with Crippen molar-refractivity contribution in [3.05, 3.63) is 117 Å². The number of anilines is 1. The van der Waals surface area contributed by atoms with Crippen molar-refractivity contribution >= 4 is 57.8 Å². The van der Waals surface area contributed by atoms with Crippen LogP contribution < -0.4 is 25.9 Å². The molecule has 1 fully saturated rings. The number of phenolic OH excluding ortho intramolecular Hbond substituents is 3. The van der Waals surface area contributed by atoms with Gasteiger partial charge in [0.1, 0.15) is 35.7 Å². The average molecular weight is 1140 g/mol. The molecule has 9 atom stereocenters. The van der Waals surface area contributed by atoms with Gasteiger partial charge in [-0.2, -0.15) is 10.2 Å². The number of phenols is 3. The first-order valence-electron chi connectivity index (χ1n) is 26.2. The van der Waals surface area contributed by atoms with Crippen LogP contribution in [0.3, 0.4) is 0 Å². The summed E-state index contributed by atoms with van der Waals surface area (Å²) in [6.07, 6.45) is 7.83. The smallest absolute Gasteiger partial charge is 0.312 e. The van der Waals surface area contributed by atoms with Gasteiger partial charge in [0, 0.05) is 117 Å². The molecule has 9 N–H and O–H groups in total. The highest BCUT2D eigenvalue weighted by molar-refractivity contribution is 6.24. The number of nitro groups is 1. The number of hydrogen-bond acceptors (Lipinski definition) is 21. The predicted octanol–water partition coefficient (Wildman–Crippen LogP) is 5.41. The Bertz CT molecular complexity index is 3160. The van der Waals surface area contributed by atoms with Gasteiger partial charge in [0.2, 0.25) is 0 Å². The number of nitro benzene ring substituents is 1. The van der Waals surface area contributed by atoms with Crippen LogP contribution in [0.1, 0.15) is 80.3 Å². The van der Waals surface area contributed by atoms with Gasteiger partial charge in [0.05, 0.1) is 57.9 Å². The molecule has 0 radical (unpaired) electrons. The fraction of sp³-hybridized carbons (Fsp3) is 0.421. The Morgan fingerprint density at radius 2 is 1.61 bits per heavy atom. The minimum absolute atomic E-state index is 0.0383. The quantitative estimate of drug-likeness (QED) is 0.0187. The number of aliphatic hydroxyl groups excluding tert-OH is 2. The van der Waals surface area contributed by atoms with Gasteiger partial charge >= 0.3 is 11.8 Å². The second-order valence-corrected chi connectivity index (χ2v) is 20.4. The lowest BCUT2D eigenvalue weighted by atomic mass is 9.78. The number of benzene rings is 3. The molecule has 3 aromatic carbocycles. The molecule has 5 heterocycles. The molecule has 25 heteroatoms. The predicted molar refractivity (Wildman–Crippen MR) is 302 cm³/mol. The van der Waals surface area contributed by atoms with Crippen molar-refractivity contribution in [2.45, 2.75) is 85.6 Å². The first kappa shape index (κ1) is 62.5. The van der Waals surface area contributed by atoms with E-state index in [0.717, 1.165) is 13.1 Å². The lowest BCUT2D eigenvalue weighted by Gasteiger charge is -2.38. The molecule has 0 unspecified atom stereocenters. The van der Waals surface area contributed by atoms with Crippen LogP contribution in [0.4, 0.5) is 11.4 Å². The van der Waals surface area contributed by atoms with Crippen molar-refractivity contribution in [3.63, 3.8) is 0 Å². The number of aromatic hydroxyl groups is 3. The number of nitrogens with two attached hydrogens (primary N) is 1. The number of fused-ring (bicyclic) bond motifs is 14. The van der Waals surface area contributed by atoms with Crippen molar-refractivity contribution in [2.75, 3.05) is 52.3 Å². The van der Waals surface area contributed by atoms with Gasteiger partial charge in [-0.05, 0) is 51.2 Å². The lowest BCUT2D eigenvalue weighted by Crippen LogP contribution is -2.46. The van der Waals surface area contributed by atoms with Crippen molar-refractivity contribution in [1.29, 1.82) is 0 Å². The summed E-state index contributed by atoms with van der Waals surface area (Å²) in [5, 5.41) is 81.1. The van der Waals surface area contributed by atoms with Crippen molar-refractivity contribution in [2.24, 2.45) is 39.6 Å². The van der Waals surface area contributed by atoms with Crippen LogP contribution in [0.2, 0.25) is 0 Å². The van der Waals surface area contributed by atoms with Crippen LogP contribution in [-0.4, -0.2) is 158 Å². The number of amides is 2. The van der Waals surface area contributed by atoms with Gasteiger partial charge in [-0.3, -0.25) is 39.3 Å². The largest absolute Gasteiger partial charge is 0.507 e. The van der Waals surface area contributed by atoms with Crippen molar-refractivity contribution in [3.8, 4) is 28.7 Å². The van der Waals surface area contributed by atoms with E-state index < -0.39 is 99.6 Å². The van der Waals surface area contributed by atoms with E-state index in [-0.39, 0.29) is 62.6 Å². The normalized spacial score (nSPS) is 26.1. The van der Waals surface area contributed by atoms with Gasteiger partial charge in [-0.25, -0.2) is 5.43 Å². The molecule has 1 saturated heterocycles. The summed E-state index contributed by atoms with van der Waals surface area (Å²) in [5.74, 6) is -8.32. The Labute approximate surface area is 473 Å². The minimum atomic E-state index is -2.04. The third kappa shape index (κ3) is 14.4. The Morgan fingerprint density at radius 3 is 2.23 bits per heavy atom. The Balaban J connectivity index is 0.000000391. The third-order valence-electron chi connectivity index (χ3n) is 14.5. The number of esters is 1. The number of methoxy groups -OCH3 is 1. The van der Waals surface area contributed by atoms with Gasteiger partial charge in [-0.1, -0.05) is 45.9 Å². The summed E-state index contributed by atoms with van der Waals surface area (Å²) in [7, 11) is 3.42. The van der Waals surface area contributed by atoms with Crippen molar-refractivity contribution < 1.29 is 73.3 Å².